The van der Waals surface area contributed by atoms with Crippen molar-refractivity contribution >= 4 is 23.8 Å². The minimum Gasteiger partial charge on any atom is -0.496 e. The van der Waals surface area contributed by atoms with Crippen LogP contribution in [0.3, 0.4) is 0 Å². The Morgan fingerprint density at radius 3 is 2.40 bits per heavy atom. The number of methoxy groups -OCH3 is 2. The van der Waals surface area contributed by atoms with Crippen molar-refractivity contribution in [1.29, 1.82) is 0 Å². The quantitative estimate of drug-likeness (QED) is 0.493. The first-order valence-corrected chi connectivity index (χ1v) is 12.4. The molecule has 0 radical (unpaired) electrons. The Bertz CT molecular complexity index is 911. The number of rotatable bonds is 9. The van der Waals surface area contributed by atoms with Crippen molar-refractivity contribution in [3.63, 3.8) is 0 Å². The van der Waals surface area contributed by atoms with Gasteiger partial charge in [-0.2, -0.15) is 0 Å². The molecule has 2 saturated heterocycles. The summed E-state index contributed by atoms with van der Waals surface area (Å²) in [6, 6.07) is 6.88. The average molecular weight is 489 g/mol. The second-order valence-corrected chi connectivity index (χ2v) is 9.06. The number of amides is 2. The third-order valence-corrected chi connectivity index (χ3v) is 6.94. The number of para-hydroxylation sites is 1. The Balaban J connectivity index is 1.70. The number of hydrogen-bond donors (Lipinski definition) is 0. The summed E-state index contributed by atoms with van der Waals surface area (Å²) in [6.07, 6.45) is 3.39. The van der Waals surface area contributed by atoms with Gasteiger partial charge in [0, 0.05) is 31.6 Å². The highest BCUT2D eigenvalue weighted by molar-refractivity contribution is 5.85. The lowest BCUT2D eigenvalue weighted by Gasteiger charge is -2.41. The van der Waals surface area contributed by atoms with Gasteiger partial charge in [0.1, 0.15) is 5.75 Å². The Morgan fingerprint density at radius 1 is 1.03 bits per heavy atom. The molecule has 2 amide bonds. The van der Waals surface area contributed by atoms with Gasteiger partial charge in [-0.3, -0.25) is 19.2 Å². The molecule has 2 fully saturated rings. The normalized spacial score (nSPS) is 20.9. The van der Waals surface area contributed by atoms with Gasteiger partial charge in [-0.25, -0.2) is 0 Å². The number of likely N-dealkylation sites (tertiary alicyclic amines) is 2. The molecular weight excluding hydrogens is 452 g/mol. The van der Waals surface area contributed by atoms with E-state index in [2.05, 4.69) is 6.92 Å². The molecule has 2 unspecified atom stereocenters. The SMILES string of the molecule is CCCCN1C(=O)CCC(C(=O)OCC(=O)N2CCC(C(=O)OC)CC2)C1c1ccccc1OC. The largest absolute Gasteiger partial charge is 0.496 e. The molecule has 1 aromatic carbocycles. The van der Waals surface area contributed by atoms with Crippen molar-refractivity contribution in [2.24, 2.45) is 11.8 Å². The molecule has 9 nitrogen and oxygen atoms in total. The zero-order valence-corrected chi connectivity index (χ0v) is 20.9. The first kappa shape index (κ1) is 26.5. The van der Waals surface area contributed by atoms with Gasteiger partial charge in [-0.1, -0.05) is 31.5 Å². The Hall–Kier alpha value is -3.10. The summed E-state index contributed by atoms with van der Waals surface area (Å²) in [5.41, 5.74) is 0.761. The number of carbonyl (C=O) groups excluding carboxylic acids is 4. The summed E-state index contributed by atoms with van der Waals surface area (Å²) in [7, 11) is 2.93. The highest BCUT2D eigenvalue weighted by Crippen LogP contribution is 2.41. The molecule has 0 aliphatic carbocycles. The lowest BCUT2D eigenvalue weighted by Crippen LogP contribution is -2.47. The topological polar surface area (TPSA) is 102 Å². The predicted molar refractivity (Wildman–Crippen MR) is 127 cm³/mol. The van der Waals surface area contributed by atoms with E-state index in [1.807, 2.05) is 24.3 Å². The van der Waals surface area contributed by atoms with Gasteiger partial charge in [0.05, 0.1) is 32.1 Å². The molecule has 0 N–H and O–H groups in total. The third kappa shape index (κ3) is 6.32. The van der Waals surface area contributed by atoms with Crippen LogP contribution in [0.25, 0.3) is 0 Å². The number of nitrogens with zero attached hydrogens (tertiary/aromatic N) is 2. The maximum absolute atomic E-state index is 13.2. The molecule has 2 aliphatic heterocycles. The van der Waals surface area contributed by atoms with E-state index >= 15 is 0 Å². The number of piperidine rings is 2. The number of benzene rings is 1. The molecule has 0 aromatic heterocycles. The second-order valence-electron chi connectivity index (χ2n) is 9.06. The Labute approximate surface area is 206 Å². The van der Waals surface area contributed by atoms with Crippen molar-refractivity contribution in [3.8, 4) is 5.75 Å². The summed E-state index contributed by atoms with van der Waals surface area (Å²) >= 11 is 0. The van der Waals surface area contributed by atoms with E-state index in [0.717, 1.165) is 18.4 Å². The van der Waals surface area contributed by atoms with Gasteiger partial charge in [0.2, 0.25) is 5.91 Å². The van der Waals surface area contributed by atoms with Gasteiger partial charge in [-0.05, 0) is 31.7 Å². The molecule has 0 spiro atoms. The number of ether oxygens (including phenoxy) is 3. The fourth-order valence-electron chi connectivity index (χ4n) is 4.95. The molecule has 3 rings (SSSR count). The van der Waals surface area contributed by atoms with E-state index in [4.69, 9.17) is 14.2 Å². The Kier molecular flexibility index (Phi) is 9.51. The van der Waals surface area contributed by atoms with Gasteiger partial charge >= 0.3 is 11.9 Å². The van der Waals surface area contributed by atoms with Crippen molar-refractivity contribution in [2.75, 3.05) is 40.5 Å². The van der Waals surface area contributed by atoms with Crippen molar-refractivity contribution < 1.29 is 33.4 Å². The smallest absolute Gasteiger partial charge is 0.311 e. The van der Waals surface area contributed by atoms with E-state index in [0.29, 0.717) is 44.6 Å². The first-order chi connectivity index (χ1) is 16.9. The van der Waals surface area contributed by atoms with Gasteiger partial charge < -0.3 is 24.0 Å². The monoisotopic (exact) mass is 488 g/mol. The number of hydrogen-bond acceptors (Lipinski definition) is 7. The lowest BCUT2D eigenvalue weighted by atomic mass is 9.83. The fourth-order valence-corrected chi connectivity index (χ4v) is 4.95. The Morgan fingerprint density at radius 2 is 1.74 bits per heavy atom. The van der Waals surface area contributed by atoms with E-state index < -0.39 is 17.9 Å². The van der Waals surface area contributed by atoms with Crippen molar-refractivity contribution in [1.82, 2.24) is 9.80 Å². The molecule has 9 heteroatoms. The summed E-state index contributed by atoms with van der Waals surface area (Å²) < 4.78 is 15.8. The maximum Gasteiger partial charge on any atom is 0.311 e. The lowest BCUT2D eigenvalue weighted by molar-refractivity contribution is -0.162. The first-order valence-electron chi connectivity index (χ1n) is 12.4. The van der Waals surface area contributed by atoms with E-state index in [9.17, 15) is 19.2 Å². The molecule has 192 valence electrons. The minimum absolute atomic E-state index is 0.00274. The molecular formula is C26H36N2O7. The van der Waals surface area contributed by atoms with Gasteiger partial charge in [-0.15, -0.1) is 0 Å². The van der Waals surface area contributed by atoms with Crippen LogP contribution in [0.1, 0.15) is 57.1 Å². The summed E-state index contributed by atoms with van der Waals surface area (Å²) in [6.45, 7) is 3.07. The van der Waals surface area contributed by atoms with E-state index in [1.165, 1.54) is 7.11 Å². The number of carbonyl (C=O) groups is 4. The van der Waals surface area contributed by atoms with Crippen LogP contribution < -0.4 is 4.74 Å². The number of unbranched alkanes of at least 4 members (excludes halogenated alkanes) is 1. The van der Waals surface area contributed by atoms with Crippen LogP contribution in [0.15, 0.2) is 24.3 Å². The van der Waals surface area contributed by atoms with Gasteiger partial charge in [0.25, 0.3) is 5.91 Å². The summed E-state index contributed by atoms with van der Waals surface area (Å²) in [5.74, 6) is -1.23. The van der Waals surface area contributed by atoms with Crippen LogP contribution in [0.5, 0.6) is 5.75 Å². The average Bonchev–Trinajstić information content (AvgIpc) is 2.90. The fraction of sp³-hybridized carbons (Fsp3) is 0.615. The molecule has 2 heterocycles. The summed E-state index contributed by atoms with van der Waals surface area (Å²) in [5, 5.41) is 0. The number of esters is 2. The highest BCUT2D eigenvalue weighted by atomic mass is 16.5. The van der Waals surface area contributed by atoms with Crippen LogP contribution in [0.2, 0.25) is 0 Å². The molecule has 1 aromatic rings. The zero-order chi connectivity index (χ0) is 25.4. The van der Waals surface area contributed by atoms with Crippen molar-refractivity contribution in [2.45, 2.75) is 51.5 Å². The predicted octanol–water partition coefficient (Wildman–Crippen LogP) is 2.73. The highest BCUT2D eigenvalue weighted by Gasteiger charge is 2.42. The van der Waals surface area contributed by atoms with Crippen LogP contribution in [-0.2, 0) is 28.7 Å². The molecule has 2 atom stereocenters. The van der Waals surface area contributed by atoms with Gasteiger partial charge in [0.15, 0.2) is 6.61 Å². The van der Waals surface area contributed by atoms with E-state index in [1.54, 1.807) is 16.9 Å². The van der Waals surface area contributed by atoms with Crippen LogP contribution in [0.4, 0.5) is 0 Å². The maximum atomic E-state index is 13.2. The standard InChI is InChI=1S/C26H36N2O7/c1-4-5-14-28-22(29)11-10-20(24(28)19-8-6-7-9-21(19)33-2)26(32)35-17-23(30)27-15-12-18(13-16-27)25(31)34-3/h6-9,18,20,24H,4-5,10-17H2,1-3H3. The third-order valence-electron chi connectivity index (χ3n) is 6.94. The summed E-state index contributed by atoms with van der Waals surface area (Å²) in [4.78, 5) is 53.9. The van der Waals surface area contributed by atoms with Crippen LogP contribution in [-0.4, -0.2) is 74.0 Å². The molecule has 0 bridgehead atoms. The van der Waals surface area contributed by atoms with Crippen LogP contribution in [0, 0.1) is 11.8 Å². The molecule has 2 aliphatic rings. The van der Waals surface area contributed by atoms with Crippen molar-refractivity contribution in [3.05, 3.63) is 29.8 Å². The minimum atomic E-state index is -0.598. The molecule has 0 saturated carbocycles. The van der Waals surface area contributed by atoms with E-state index in [-0.39, 0.29) is 36.7 Å². The second kappa shape index (κ2) is 12.6. The van der Waals surface area contributed by atoms with Crippen LogP contribution >= 0.6 is 0 Å². The zero-order valence-electron chi connectivity index (χ0n) is 20.9. The molecule has 35 heavy (non-hydrogen) atoms.